The average Bonchev–Trinajstić information content (AvgIpc) is 2.89. The number of rotatable bonds is 12. The Morgan fingerprint density at radius 1 is 0.676 bits per heavy atom. The maximum atomic E-state index is 15.2. The van der Waals surface area contributed by atoms with Gasteiger partial charge in [-0.3, -0.25) is 0 Å². The summed E-state index contributed by atoms with van der Waals surface area (Å²) in [6.45, 7) is 2.77. The molecule has 0 fully saturated rings. The summed E-state index contributed by atoms with van der Waals surface area (Å²) in [5, 5.41) is 1.44. The summed E-state index contributed by atoms with van der Waals surface area (Å²) >= 11 is 5.74. The summed E-state index contributed by atoms with van der Waals surface area (Å²) in [4.78, 5) is 0. The predicted molar refractivity (Wildman–Crippen MR) is 146 cm³/mol. The van der Waals surface area contributed by atoms with Gasteiger partial charge in [0.2, 0.25) is 0 Å². The third-order valence-corrected chi connectivity index (χ3v) is 7.05. The molecule has 0 atom stereocenters. The summed E-state index contributed by atoms with van der Waals surface area (Å²) < 4.78 is 49.2. The highest BCUT2D eigenvalue weighted by Gasteiger charge is 2.11. The van der Waals surface area contributed by atoms with Crippen molar-refractivity contribution in [2.75, 3.05) is 6.61 Å². The van der Waals surface area contributed by atoms with E-state index in [1.807, 2.05) is 24.3 Å². The van der Waals surface area contributed by atoms with E-state index in [4.69, 9.17) is 16.3 Å². The fourth-order valence-corrected chi connectivity index (χ4v) is 4.65. The van der Waals surface area contributed by atoms with Crippen LogP contribution in [0.3, 0.4) is 0 Å². The van der Waals surface area contributed by atoms with Crippen LogP contribution in [0.1, 0.15) is 54.9 Å². The van der Waals surface area contributed by atoms with Gasteiger partial charge in [-0.15, -0.1) is 0 Å². The largest absolute Gasteiger partial charge is 0.493 e. The minimum atomic E-state index is -0.465. The molecule has 0 saturated carbocycles. The van der Waals surface area contributed by atoms with Crippen molar-refractivity contribution in [2.45, 2.75) is 58.3 Å². The van der Waals surface area contributed by atoms with Crippen molar-refractivity contribution in [1.29, 1.82) is 0 Å². The Balaban J connectivity index is 1.36. The molecule has 0 aliphatic heterocycles. The Morgan fingerprint density at radius 2 is 1.41 bits per heavy atom. The summed E-state index contributed by atoms with van der Waals surface area (Å²) in [5.41, 5.74) is 3.02. The van der Waals surface area contributed by atoms with Crippen molar-refractivity contribution in [2.24, 2.45) is 0 Å². The highest BCUT2D eigenvalue weighted by molar-refractivity contribution is 6.30. The monoisotopic (exact) mass is 524 g/mol. The lowest BCUT2D eigenvalue weighted by Crippen LogP contribution is -2.00. The molecule has 37 heavy (non-hydrogen) atoms. The number of aryl methyl sites for hydroxylation is 4. The quantitative estimate of drug-likeness (QED) is 0.168. The van der Waals surface area contributed by atoms with E-state index in [2.05, 4.69) is 6.92 Å². The number of benzene rings is 4. The molecule has 0 heterocycles. The second-order valence-corrected chi connectivity index (χ2v) is 9.91. The number of halogens is 4. The van der Waals surface area contributed by atoms with Crippen LogP contribution in [0.15, 0.2) is 66.7 Å². The lowest BCUT2D eigenvalue weighted by Gasteiger charge is -2.10. The highest BCUT2D eigenvalue weighted by atomic mass is 35.5. The van der Waals surface area contributed by atoms with Crippen molar-refractivity contribution in [1.82, 2.24) is 0 Å². The molecular formula is C32H32ClF3O. The molecule has 0 saturated heterocycles. The number of unbranched alkanes of at least 4 members (excludes halogenated alkanes) is 3. The smallest absolute Gasteiger partial charge is 0.142 e. The molecule has 4 aromatic rings. The van der Waals surface area contributed by atoms with Crippen LogP contribution in [0.4, 0.5) is 13.2 Å². The molecule has 4 aromatic carbocycles. The van der Waals surface area contributed by atoms with Crippen LogP contribution in [-0.4, -0.2) is 6.61 Å². The van der Waals surface area contributed by atoms with Crippen LogP contribution in [0, 0.1) is 17.5 Å². The number of hydrogen-bond acceptors (Lipinski definition) is 1. The number of hydrogen-bond donors (Lipinski definition) is 0. The minimum Gasteiger partial charge on any atom is -0.493 e. The normalized spacial score (nSPS) is 11.3. The molecule has 0 unspecified atom stereocenters. The molecule has 0 N–H and O–H groups in total. The Hall–Kier alpha value is -2.98. The second-order valence-electron chi connectivity index (χ2n) is 9.50. The SMILES string of the molecule is CCCCCCOc1ccc(CCc2ccc3c(F)c(CCc4ccc(Cl)c(F)c4)ccc3c2)c(F)c1. The Bertz CT molecular complexity index is 1350. The fourth-order valence-electron chi connectivity index (χ4n) is 4.53. The standard InChI is InChI=1S/C32H32ClF3O/c1-2-3-4-5-18-37-27-15-14-24(30(34)21-27)10-6-22-8-16-28-26(19-22)13-12-25(32(28)36)11-7-23-9-17-29(33)31(35)20-23/h8-9,12-17,19-21H,2-7,10-11,18H2,1H3. The number of ether oxygens (including phenoxy) is 1. The summed E-state index contributed by atoms with van der Waals surface area (Å²) in [6.07, 6.45) is 6.63. The van der Waals surface area contributed by atoms with E-state index in [1.165, 1.54) is 31.0 Å². The van der Waals surface area contributed by atoms with Crippen molar-refractivity contribution < 1.29 is 17.9 Å². The van der Waals surface area contributed by atoms with E-state index < -0.39 is 5.82 Å². The molecule has 0 amide bonds. The van der Waals surface area contributed by atoms with E-state index >= 15 is 4.39 Å². The fraction of sp³-hybridized carbons (Fsp3) is 0.312. The molecule has 0 spiro atoms. The first kappa shape index (κ1) is 27.1. The van der Waals surface area contributed by atoms with Crippen molar-refractivity contribution in [3.05, 3.63) is 111 Å². The first-order valence-corrected chi connectivity index (χ1v) is 13.4. The maximum Gasteiger partial charge on any atom is 0.142 e. The molecule has 0 aromatic heterocycles. The summed E-state index contributed by atoms with van der Waals surface area (Å²) in [5.74, 6) is -0.415. The zero-order valence-corrected chi connectivity index (χ0v) is 21.9. The summed E-state index contributed by atoms with van der Waals surface area (Å²) in [7, 11) is 0. The summed E-state index contributed by atoms with van der Waals surface area (Å²) in [6, 6.07) is 19.1. The first-order chi connectivity index (χ1) is 17.9. The molecule has 4 rings (SSSR count). The molecule has 0 aliphatic carbocycles. The van der Waals surface area contributed by atoms with E-state index in [-0.39, 0.29) is 16.7 Å². The molecule has 0 bridgehead atoms. The van der Waals surface area contributed by atoms with Gasteiger partial charge in [0, 0.05) is 11.5 Å². The molecule has 194 valence electrons. The van der Waals surface area contributed by atoms with Gasteiger partial charge in [0.1, 0.15) is 23.2 Å². The van der Waals surface area contributed by atoms with Gasteiger partial charge in [-0.2, -0.15) is 0 Å². The first-order valence-electron chi connectivity index (χ1n) is 13.0. The zero-order chi connectivity index (χ0) is 26.2. The van der Waals surface area contributed by atoms with Crippen LogP contribution in [-0.2, 0) is 25.7 Å². The third-order valence-electron chi connectivity index (χ3n) is 6.74. The molecule has 0 radical (unpaired) electrons. The van der Waals surface area contributed by atoms with Crippen molar-refractivity contribution in [3.63, 3.8) is 0 Å². The lowest BCUT2D eigenvalue weighted by atomic mass is 9.97. The lowest BCUT2D eigenvalue weighted by molar-refractivity contribution is 0.303. The molecule has 1 nitrogen and oxygen atoms in total. The molecule has 0 aliphatic rings. The van der Waals surface area contributed by atoms with Gasteiger partial charge in [-0.25, -0.2) is 13.2 Å². The Labute approximate surface area is 222 Å². The van der Waals surface area contributed by atoms with Crippen molar-refractivity contribution in [3.8, 4) is 5.75 Å². The van der Waals surface area contributed by atoms with Gasteiger partial charge in [-0.05, 0) is 77.9 Å². The van der Waals surface area contributed by atoms with Crippen LogP contribution in [0.2, 0.25) is 5.02 Å². The van der Waals surface area contributed by atoms with E-state index in [0.717, 1.165) is 29.4 Å². The van der Waals surface area contributed by atoms with Crippen LogP contribution >= 0.6 is 11.6 Å². The molecular weight excluding hydrogens is 493 g/mol. The number of fused-ring (bicyclic) bond motifs is 1. The van der Waals surface area contributed by atoms with Gasteiger partial charge in [-0.1, -0.05) is 80.3 Å². The topological polar surface area (TPSA) is 9.23 Å². The Morgan fingerprint density at radius 3 is 2.16 bits per heavy atom. The minimum absolute atomic E-state index is 0.0818. The van der Waals surface area contributed by atoms with Gasteiger partial charge in [0.25, 0.3) is 0 Å². The maximum absolute atomic E-state index is 15.2. The van der Waals surface area contributed by atoms with E-state index in [0.29, 0.717) is 54.6 Å². The highest BCUT2D eigenvalue weighted by Crippen LogP contribution is 2.26. The predicted octanol–water partition coefficient (Wildman–Crippen LogP) is 9.44. The van der Waals surface area contributed by atoms with Gasteiger partial charge in [0.05, 0.1) is 11.6 Å². The average molecular weight is 525 g/mol. The van der Waals surface area contributed by atoms with Crippen LogP contribution < -0.4 is 4.74 Å². The third kappa shape index (κ3) is 7.29. The second kappa shape index (κ2) is 13.0. The van der Waals surface area contributed by atoms with E-state index in [9.17, 15) is 8.78 Å². The Kier molecular flexibility index (Phi) is 9.51. The van der Waals surface area contributed by atoms with Crippen LogP contribution in [0.25, 0.3) is 10.8 Å². The van der Waals surface area contributed by atoms with Gasteiger partial charge in [0.15, 0.2) is 0 Å². The molecule has 5 heteroatoms. The zero-order valence-electron chi connectivity index (χ0n) is 21.1. The van der Waals surface area contributed by atoms with Crippen molar-refractivity contribution >= 4 is 22.4 Å². The van der Waals surface area contributed by atoms with Gasteiger partial charge < -0.3 is 4.74 Å². The van der Waals surface area contributed by atoms with E-state index in [1.54, 1.807) is 24.3 Å². The van der Waals surface area contributed by atoms with Crippen LogP contribution in [0.5, 0.6) is 5.75 Å². The van der Waals surface area contributed by atoms with Gasteiger partial charge >= 0.3 is 0 Å².